The Morgan fingerprint density at radius 1 is 1.60 bits per heavy atom. The van der Waals surface area contributed by atoms with Crippen molar-refractivity contribution < 1.29 is 5.11 Å². The predicted octanol–water partition coefficient (Wildman–Crippen LogP) is 0.627. The molecule has 1 aromatic heterocycles. The summed E-state index contributed by atoms with van der Waals surface area (Å²) in [4.78, 5) is 0. The van der Waals surface area contributed by atoms with Gasteiger partial charge in [-0.2, -0.15) is 0 Å². The van der Waals surface area contributed by atoms with Crippen molar-refractivity contribution in [2.24, 2.45) is 7.05 Å². The second-order valence-electron chi connectivity index (χ2n) is 4.54. The number of nitrogens with zero attached hydrogens (tertiary/aromatic N) is 3. The Labute approximate surface area is 90.5 Å². The van der Waals surface area contributed by atoms with Crippen molar-refractivity contribution in [3.05, 3.63) is 12.2 Å². The summed E-state index contributed by atoms with van der Waals surface area (Å²) in [7, 11) is 1.92. The van der Waals surface area contributed by atoms with Crippen molar-refractivity contribution in [3.63, 3.8) is 0 Å². The van der Waals surface area contributed by atoms with Crippen molar-refractivity contribution in [1.82, 2.24) is 20.1 Å². The summed E-state index contributed by atoms with van der Waals surface area (Å²) in [5.41, 5.74) is -0.618. The summed E-state index contributed by atoms with van der Waals surface area (Å²) in [6.07, 6.45) is 2.40. The van der Waals surface area contributed by atoms with E-state index in [1.807, 2.05) is 32.4 Å². The van der Waals surface area contributed by atoms with Gasteiger partial charge in [0.15, 0.2) is 0 Å². The van der Waals surface area contributed by atoms with Crippen LogP contribution in [0.3, 0.4) is 0 Å². The highest BCUT2D eigenvalue weighted by molar-refractivity contribution is 4.91. The minimum Gasteiger partial charge on any atom is -0.390 e. The highest BCUT2D eigenvalue weighted by Crippen LogP contribution is 2.09. The third kappa shape index (κ3) is 3.97. The minimum atomic E-state index is -0.618. The molecule has 1 unspecified atom stereocenters. The average molecular weight is 212 g/mol. The largest absolute Gasteiger partial charge is 0.390 e. The van der Waals surface area contributed by atoms with Crippen molar-refractivity contribution in [2.45, 2.75) is 38.8 Å². The molecule has 0 amide bonds. The second-order valence-corrected chi connectivity index (χ2v) is 4.54. The van der Waals surface area contributed by atoms with Crippen LogP contribution in [0.1, 0.15) is 39.1 Å². The number of hydrogen-bond acceptors (Lipinski definition) is 4. The first-order chi connectivity index (χ1) is 6.90. The molecule has 2 N–H and O–H groups in total. The second kappa shape index (κ2) is 4.72. The summed E-state index contributed by atoms with van der Waals surface area (Å²) in [5.74, 6) is 0.908. The van der Waals surface area contributed by atoms with Gasteiger partial charge in [-0.15, -0.1) is 10.2 Å². The lowest BCUT2D eigenvalue weighted by Gasteiger charge is -2.19. The Bertz CT molecular complexity index is 303. The van der Waals surface area contributed by atoms with Gasteiger partial charge >= 0.3 is 0 Å². The van der Waals surface area contributed by atoms with Crippen LogP contribution in [-0.4, -0.2) is 32.0 Å². The molecule has 1 rings (SSSR count). The zero-order valence-corrected chi connectivity index (χ0v) is 9.86. The lowest BCUT2D eigenvalue weighted by molar-refractivity contribution is 0.0704. The van der Waals surface area contributed by atoms with Crippen LogP contribution < -0.4 is 5.32 Å². The van der Waals surface area contributed by atoms with Gasteiger partial charge in [-0.05, 0) is 33.7 Å². The van der Waals surface area contributed by atoms with E-state index >= 15 is 0 Å². The van der Waals surface area contributed by atoms with Gasteiger partial charge in [0.05, 0.1) is 11.6 Å². The molecule has 1 atom stereocenters. The van der Waals surface area contributed by atoms with Crippen molar-refractivity contribution in [3.8, 4) is 0 Å². The summed E-state index contributed by atoms with van der Waals surface area (Å²) < 4.78 is 1.89. The summed E-state index contributed by atoms with van der Waals surface area (Å²) in [5, 5.41) is 20.7. The van der Waals surface area contributed by atoms with Gasteiger partial charge in [-0.1, -0.05) is 0 Å². The van der Waals surface area contributed by atoms with Crippen molar-refractivity contribution in [1.29, 1.82) is 0 Å². The first-order valence-corrected chi connectivity index (χ1v) is 5.20. The highest BCUT2D eigenvalue weighted by Gasteiger charge is 2.14. The van der Waals surface area contributed by atoms with Gasteiger partial charge in [0, 0.05) is 7.05 Å². The van der Waals surface area contributed by atoms with E-state index in [9.17, 15) is 5.11 Å². The molecule has 15 heavy (non-hydrogen) atoms. The number of hydrogen-bond donors (Lipinski definition) is 2. The van der Waals surface area contributed by atoms with E-state index in [-0.39, 0.29) is 6.04 Å². The number of aliphatic hydroxyl groups is 1. The van der Waals surface area contributed by atoms with Crippen LogP contribution in [0.4, 0.5) is 0 Å². The van der Waals surface area contributed by atoms with Crippen molar-refractivity contribution >= 4 is 0 Å². The van der Waals surface area contributed by atoms with Crippen LogP contribution in [0.5, 0.6) is 0 Å². The first kappa shape index (κ1) is 12.1. The Morgan fingerprint density at radius 2 is 2.27 bits per heavy atom. The third-order valence-corrected chi connectivity index (χ3v) is 2.32. The lowest BCUT2D eigenvalue weighted by Crippen LogP contribution is -2.29. The molecule has 0 aliphatic heterocycles. The maximum absolute atomic E-state index is 9.54. The van der Waals surface area contributed by atoms with E-state index in [0.29, 0.717) is 0 Å². The van der Waals surface area contributed by atoms with E-state index in [0.717, 1.165) is 18.8 Å². The molecule has 0 aliphatic rings. The van der Waals surface area contributed by atoms with Crippen molar-refractivity contribution in [2.75, 3.05) is 6.54 Å². The molecule has 0 bridgehead atoms. The monoisotopic (exact) mass is 212 g/mol. The van der Waals surface area contributed by atoms with Crippen LogP contribution in [0.15, 0.2) is 6.33 Å². The van der Waals surface area contributed by atoms with E-state index in [1.54, 1.807) is 6.33 Å². The maximum atomic E-state index is 9.54. The van der Waals surface area contributed by atoms with Gasteiger partial charge in [0.1, 0.15) is 12.2 Å². The maximum Gasteiger partial charge on any atom is 0.149 e. The third-order valence-electron chi connectivity index (χ3n) is 2.32. The molecular formula is C10H20N4O. The first-order valence-electron chi connectivity index (χ1n) is 5.20. The topological polar surface area (TPSA) is 63.0 Å². The van der Waals surface area contributed by atoms with E-state index in [4.69, 9.17) is 0 Å². The summed E-state index contributed by atoms with van der Waals surface area (Å²) in [6.45, 7) is 6.41. The Hall–Kier alpha value is -0.940. The minimum absolute atomic E-state index is 0.153. The van der Waals surface area contributed by atoms with Gasteiger partial charge in [-0.25, -0.2) is 0 Å². The zero-order chi connectivity index (χ0) is 11.5. The number of aryl methyl sites for hydroxylation is 1. The molecule has 5 heteroatoms. The van der Waals surface area contributed by atoms with Crippen LogP contribution in [-0.2, 0) is 7.05 Å². The fourth-order valence-electron chi connectivity index (χ4n) is 1.37. The van der Waals surface area contributed by atoms with Crippen LogP contribution >= 0.6 is 0 Å². The summed E-state index contributed by atoms with van der Waals surface area (Å²) >= 11 is 0. The molecular weight excluding hydrogens is 192 g/mol. The molecule has 0 aromatic carbocycles. The number of rotatable bonds is 5. The Morgan fingerprint density at radius 3 is 2.73 bits per heavy atom. The molecule has 0 spiro atoms. The molecule has 5 nitrogen and oxygen atoms in total. The van der Waals surface area contributed by atoms with Crippen LogP contribution in [0.2, 0.25) is 0 Å². The lowest BCUT2D eigenvalue weighted by atomic mass is 10.1. The molecule has 1 aromatic rings. The van der Waals surface area contributed by atoms with Crippen LogP contribution in [0, 0.1) is 0 Å². The SMILES string of the molecule is CC(NCCC(C)(C)O)c1nncn1C. The zero-order valence-electron chi connectivity index (χ0n) is 9.86. The average Bonchev–Trinajstić information content (AvgIpc) is 2.48. The molecule has 0 saturated heterocycles. The molecule has 0 aliphatic carbocycles. The quantitative estimate of drug-likeness (QED) is 0.751. The van der Waals surface area contributed by atoms with Gasteiger partial charge in [0.2, 0.25) is 0 Å². The predicted molar refractivity (Wildman–Crippen MR) is 58.3 cm³/mol. The van der Waals surface area contributed by atoms with Gasteiger partial charge in [0.25, 0.3) is 0 Å². The molecule has 0 fully saturated rings. The molecule has 1 heterocycles. The van der Waals surface area contributed by atoms with E-state index in [2.05, 4.69) is 15.5 Å². The fraction of sp³-hybridized carbons (Fsp3) is 0.800. The molecule has 0 radical (unpaired) electrons. The van der Waals surface area contributed by atoms with E-state index in [1.165, 1.54) is 0 Å². The van der Waals surface area contributed by atoms with Gasteiger partial charge < -0.3 is 15.0 Å². The fourth-order valence-corrected chi connectivity index (χ4v) is 1.37. The smallest absolute Gasteiger partial charge is 0.149 e. The van der Waals surface area contributed by atoms with Gasteiger partial charge in [-0.3, -0.25) is 0 Å². The van der Waals surface area contributed by atoms with E-state index < -0.39 is 5.60 Å². The standard InChI is InChI=1S/C10H20N4O/c1-8(9-13-12-7-14(9)4)11-6-5-10(2,3)15/h7-8,11,15H,5-6H2,1-4H3. The Kier molecular flexibility index (Phi) is 3.82. The van der Waals surface area contributed by atoms with Crippen LogP contribution in [0.25, 0.3) is 0 Å². The Balaban J connectivity index is 2.37. The number of aromatic nitrogens is 3. The summed E-state index contributed by atoms with van der Waals surface area (Å²) in [6, 6.07) is 0.153. The highest BCUT2D eigenvalue weighted by atomic mass is 16.3. The normalized spacial score (nSPS) is 14.2. The number of nitrogens with one attached hydrogen (secondary N) is 1. The molecule has 0 saturated carbocycles. The molecule has 86 valence electrons.